The third-order valence-corrected chi connectivity index (χ3v) is 5.88. The highest BCUT2D eigenvalue weighted by Gasteiger charge is 2.15. The van der Waals surface area contributed by atoms with Crippen molar-refractivity contribution in [3.05, 3.63) is 83.4 Å². The standard InChI is InChI=1S/C27H30N6O5/c1-37-22-4-2-3-20(13-22)16-29-27(36)24-14-23(30-18-31-24)26(35)28-15-19-5-7-21(8-6-19)32-25(34)17-33-9-11-38-12-10-33/h2-8,13-14,18H,9-12,15-17H2,1H3,(H,28,35)(H,29,36)(H,32,34). The van der Waals surface area contributed by atoms with Crippen molar-refractivity contribution in [2.24, 2.45) is 0 Å². The number of benzene rings is 2. The fourth-order valence-electron chi connectivity index (χ4n) is 3.80. The maximum Gasteiger partial charge on any atom is 0.270 e. The molecule has 2 heterocycles. The van der Waals surface area contributed by atoms with Gasteiger partial charge in [-0.05, 0) is 35.4 Å². The smallest absolute Gasteiger partial charge is 0.270 e. The average Bonchev–Trinajstić information content (AvgIpc) is 2.96. The predicted octanol–water partition coefficient (Wildman–Crippen LogP) is 1.62. The minimum Gasteiger partial charge on any atom is -0.497 e. The zero-order chi connectivity index (χ0) is 26.7. The van der Waals surface area contributed by atoms with Gasteiger partial charge in [0.15, 0.2) is 0 Å². The van der Waals surface area contributed by atoms with Gasteiger partial charge in [-0.2, -0.15) is 0 Å². The van der Waals surface area contributed by atoms with Gasteiger partial charge in [0.1, 0.15) is 23.5 Å². The molecule has 0 radical (unpaired) electrons. The van der Waals surface area contributed by atoms with E-state index in [1.54, 1.807) is 19.2 Å². The molecule has 38 heavy (non-hydrogen) atoms. The normalized spacial score (nSPS) is 13.4. The van der Waals surface area contributed by atoms with Crippen LogP contribution in [0.3, 0.4) is 0 Å². The third-order valence-electron chi connectivity index (χ3n) is 5.88. The van der Waals surface area contributed by atoms with E-state index < -0.39 is 11.8 Å². The van der Waals surface area contributed by atoms with Crippen LogP contribution >= 0.6 is 0 Å². The second-order valence-corrected chi connectivity index (χ2v) is 8.64. The lowest BCUT2D eigenvalue weighted by atomic mass is 10.2. The van der Waals surface area contributed by atoms with Gasteiger partial charge in [-0.15, -0.1) is 0 Å². The van der Waals surface area contributed by atoms with Crippen LogP contribution in [-0.4, -0.2) is 72.5 Å². The Hall–Kier alpha value is -4.35. The number of morpholine rings is 1. The number of hydrogen-bond acceptors (Lipinski definition) is 8. The summed E-state index contributed by atoms with van der Waals surface area (Å²) in [6.07, 6.45) is 1.18. The quantitative estimate of drug-likeness (QED) is 0.369. The zero-order valence-electron chi connectivity index (χ0n) is 21.1. The van der Waals surface area contributed by atoms with Crippen LogP contribution in [0.4, 0.5) is 5.69 Å². The van der Waals surface area contributed by atoms with Gasteiger partial charge >= 0.3 is 0 Å². The first-order valence-electron chi connectivity index (χ1n) is 12.2. The minimum absolute atomic E-state index is 0.0820. The van der Waals surface area contributed by atoms with Gasteiger partial charge in [0.2, 0.25) is 5.91 Å². The Morgan fingerprint density at radius 2 is 1.55 bits per heavy atom. The molecule has 198 valence electrons. The molecule has 1 saturated heterocycles. The average molecular weight is 519 g/mol. The minimum atomic E-state index is -0.433. The van der Waals surface area contributed by atoms with E-state index in [1.807, 2.05) is 41.3 Å². The van der Waals surface area contributed by atoms with Crippen LogP contribution in [0.5, 0.6) is 5.75 Å². The second kappa shape index (κ2) is 13.3. The number of nitrogens with zero attached hydrogens (tertiary/aromatic N) is 3. The van der Waals surface area contributed by atoms with Crippen LogP contribution in [0.2, 0.25) is 0 Å². The summed E-state index contributed by atoms with van der Waals surface area (Å²) in [4.78, 5) is 47.4. The van der Waals surface area contributed by atoms with E-state index in [0.29, 0.717) is 31.2 Å². The molecular formula is C27H30N6O5. The third kappa shape index (κ3) is 7.82. The Kier molecular flexibility index (Phi) is 9.32. The van der Waals surface area contributed by atoms with Crippen LogP contribution in [-0.2, 0) is 22.6 Å². The lowest BCUT2D eigenvalue weighted by Crippen LogP contribution is -2.41. The van der Waals surface area contributed by atoms with E-state index in [1.165, 1.54) is 12.4 Å². The van der Waals surface area contributed by atoms with Gasteiger partial charge in [0.05, 0.1) is 26.9 Å². The molecule has 3 aromatic rings. The summed E-state index contributed by atoms with van der Waals surface area (Å²) in [7, 11) is 1.58. The van der Waals surface area contributed by atoms with E-state index >= 15 is 0 Å². The molecule has 2 aromatic carbocycles. The monoisotopic (exact) mass is 518 g/mol. The summed E-state index contributed by atoms with van der Waals surface area (Å²) >= 11 is 0. The molecule has 0 saturated carbocycles. The highest BCUT2D eigenvalue weighted by atomic mass is 16.5. The number of ether oxygens (including phenoxy) is 2. The van der Waals surface area contributed by atoms with E-state index in [4.69, 9.17) is 9.47 Å². The molecule has 3 amide bonds. The molecular weight excluding hydrogens is 488 g/mol. The summed E-state index contributed by atoms with van der Waals surface area (Å²) in [5.41, 5.74) is 2.56. The summed E-state index contributed by atoms with van der Waals surface area (Å²) in [6.45, 7) is 3.62. The number of carbonyl (C=O) groups excluding carboxylic acids is 3. The first-order chi connectivity index (χ1) is 18.5. The maximum absolute atomic E-state index is 12.6. The molecule has 1 fully saturated rings. The molecule has 0 atom stereocenters. The Bertz CT molecular complexity index is 1260. The van der Waals surface area contributed by atoms with Gasteiger partial charge in [0.25, 0.3) is 11.8 Å². The van der Waals surface area contributed by atoms with E-state index in [2.05, 4.69) is 25.9 Å². The Labute approximate surface area is 220 Å². The maximum atomic E-state index is 12.6. The molecule has 0 spiro atoms. The van der Waals surface area contributed by atoms with Crippen molar-refractivity contribution < 1.29 is 23.9 Å². The van der Waals surface area contributed by atoms with E-state index in [-0.39, 0.29) is 30.4 Å². The van der Waals surface area contributed by atoms with Crippen LogP contribution in [0, 0.1) is 0 Å². The van der Waals surface area contributed by atoms with Crippen molar-refractivity contribution in [1.29, 1.82) is 0 Å². The molecule has 11 heteroatoms. The molecule has 1 aromatic heterocycles. The number of hydrogen-bond donors (Lipinski definition) is 3. The number of aromatic nitrogens is 2. The van der Waals surface area contributed by atoms with Gasteiger partial charge in [-0.25, -0.2) is 9.97 Å². The molecule has 0 unspecified atom stereocenters. The highest BCUT2D eigenvalue weighted by molar-refractivity contribution is 5.97. The number of amides is 3. The van der Waals surface area contributed by atoms with E-state index in [9.17, 15) is 14.4 Å². The fraction of sp³-hybridized carbons (Fsp3) is 0.296. The molecule has 3 N–H and O–H groups in total. The number of anilines is 1. The highest BCUT2D eigenvalue weighted by Crippen LogP contribution is 2.13. The predicted molar refractivity (Wildman–Crippen MR) is 140 cm³/mol. The number of rotatable bonds is 10. The van der Waals surface area contributed by atoms with Crippen molar-refractivity contribution in [1.82, 2.24) is 25.5 Å². The number of nitrogens with one attached hydrogen (secondary N) is 3. The molecule has 4 rings (SSSR count). The zero-order valence-corrected chi connectivity index (χ0v) is 21.1. The second-order valence-electron chi connectivity index (χ2n) is 8.64. The lowest BCUT2D eigenvalue weighted by Gasteiger charge is -2.25. The van der Waals surface area contributed by atoms with Crippen molar-refractivity contribution in [3.8, 4) is 5.75 Å². The van der Waals surface area contributed by atoms with Gasteiger partial charge in [-0.3, -0.25) is 19.3 Å². The van der Waals surface area contributed by atoms with Crippen molar-refractivity contribution in [2.45, 2.75) is 13.1 Å². The summed E-state index contributed by atoms with van der Waals surface area (Å²) in [5, 5.41) is 8.44. The molecule has 11 nitrogen and oxygen atoms in total. The SMILES string of the molecule is COc1cccc(CNC(=O)c2cc(C(=O)NCc3ccc(NC(=O)CN4CCOCC4)cc3)ncn2)c1. The summed E-state index contributed by atoms with van der Waals surface area (Å²) in [6, 6.07) is 15.9. The topological polar surface area (TPSA) is 135 Å². The van der Waals surface area contributed by atoms with E-state index in [0.717, 1.165) is 24.2 Å². The lowest BCUT2D eigenvalue weighted by molar-refractivity contribution is -0.118. The summed E-state index contributed by atoms with van der Waals surface area (Å²) in [5.74, 6) is -0.242. The van der Waals surface area contributed by atoms with Gasteiger partial charge in [0, 0.05) is 37.9 Å². The first-order valence-corrected chi connectivity index (χ1v) is 12.2. The number of carbonyl (C=O) groups is 3. The van der Waals surface area contributed by atoms with Crippen LogP contribution < -0.4 is 20.7 Å². The largest absolute Gasteiger partial charge is 0.497 e. The molecule has 1 aliphatic rings. The molecule has 0 aliphatic carbocycles. The van der Waals surface area contributed by atoms with Crippen molar-refractivity contribution in [3.63, 3.8) is 0 Å². The van der Waals surface area contributed by atoms with Crippen LogP contribution in [0.15, 0.2) is 60.9 Å². The van der Waals surface area contributed by atoms with Crippen LogP contribution in [0.25, 0.3) is 0 Å². The first kappa shape index (κ1) is 26.7. The Morgan fingerprint density at radius 3 is 2.21 bits per heavy atom. The van der Waals surface area contributed by atoms with Gasteiger partial charge < -0.3 is 25.4 Å². The Morgan fingerprint density at radius 1 is 0.895 bits per heavy atom. The van der Waals surface area contributed by atoms with Crippen LogP contribution in [0.1, 0.15) is 32.1 Å². The number of methoxy groups -OCH3 is 1. The molecule has 0 bridgehead atoms. The Balaban J connectivity index is 1.25. The van der Waals surface area contributed by atoms with Gasteiger partial charge in [-0.1, -0.05) is 24.3 Å². The fourth-order valence-corrected chi connectivity index (χ4v) is 3.80. The van der Waals surface area contributed by atoms with Crippen molar-refractivity contribution >= 4 is 23.4 Å². The summed E-state index contributed by atoms with van der Waals surface area (Å²) < 4.78 is 10.5. The molecule has 1 aliphatic heterocycles. The van der Waals surface area contributed by atoms with Crippen molar-refractivity contribution in [2.75, 3.05) is 45.3 Å².